The molecule has 0 spiro atoms. The van der Waals surface area contributed by atoms with Gasteiger partial charge < -0.3 is 19.1 Å². The fourth-order valence-corrected chi connectivity index (χ4v) is 4.02. The van der Waals surface area contributed by atoms with Gasteiger partial charge in [-0.25, -0.2) is 0 Å². The van der Waals surface area contributed by atoms with Crippen LogP contribution in [0.1, 0.15) is 57.3 Å². The van der Waals surface area contributed by atoms with Crippen LogP contribution < -0.4 is 5.46 Å². The Labute approximate surface area is 173 Å². The van der Waals surface area contributed by atoms with E-state index in [1.807, 2.05) is 59.0 Å². The smallest absolute Gasteiger partial charge is 0.399 e. The zero-order chi connectivity index (χ0) is 21.0. The SMILES string of the molecule is CN1CCN(C(=O)c2cccc(B3OC(C)(C)C(C)(C)O3)c2)C(CC2CC2)C1=O. The van der Waals surface area contributed by atoms with Gasteiger partial charge in [-0.3, -0.25) is 9.59 Å². The second kappa shape index (κ2) is 7.13. The van der Waals surface area contributed by atoms with Crippen molar-refractivity contribution in [2.75, 3.05) is 20.1 Å². The normalized spacial score (nSPS) is 26.2. The molecule has 29 heavy (non-hydrogen) atoms. The summed E-state index contributed by atoms with van der Waals surface area (Å²) < 4.78 is 12.3. The van der Waals surface area contributed by atoms with Gasteiger partial charge in [0.15, 0.2) is 0 Å². The summed E-state index contributed by atoms with van der Waals surface area (Å²) in [5, 5.41) is 0. The fourth-order valence-electron chi connectivity index (χ4n) is 4.02. The number of benzene rings is 1. The molecule has 3 fully saturated rings. The van der Waals surface area contributed by atoms with Gasteiger partial charge >= 0.3 is 7.12 Å². The Morgan fingerprint density at radius 2 is 1.79 bits per heavy atom. The average Bonchev–Trinajstić information content (AvgIpc) is 3.44. The Morgan fingerprint density at radius 1 is 1.14 bits per heavy atom. The van der Waals surface area contributed by atoms with Gasteiger partial charge in [0, 0.05) is 25.7 Å². The molecule has 156 valence electrons. The summed E-state index contributed by atoms with van der Waals surface area (Å²) in [5.74, 6) is 0.538. The number of carbonyl (C=O) groups is 2. The first kappa shape index (κ1) is 20.4. The van der Waals surface area contributed by atoms with Crippen LogP contribution in [0.3, 0.4) is 0 Å². The molecule has 1 aromatic carbocycles. The second-order valence-corrected chi connectivity index (χ2v) is 9.67. The highest BCUT2D eigenvalue weighted by Crippen LogP contribution is 2.37. The van der Waals surface area contributed by atoms with Crippen molar-refractivity contribution >= 4 is 24.4 Å². The third-order valence-electron chi connectivity index (χ3n) is 6.89. The predicted molar refractivity (Wildman–Crippen MR) is 112 cm³/mol. The molecule has 0 aromatic heterocycles. The van der Waals surface area contributed by atoms with Gasteiger partial charge in [0.05, 0.1) is 11.2 Å². The molecule has 0 radical (unpaired) electrons. The number of hydrogen-bond acceptors (Lipinski definition) is 4. The molecule has 1 saturated carbocycles. The summed E-state index contributed by atoms with van der Waals surface area (Å²) in [7, 11) is 1.31. The highest BCUT2D eigenvalue weighted by molar-refractivity contribution is 6.62. The van der Waals surface area contributed by atoms with Gasteiger partial charge in [0.25, 0.3) is 5.91 Å². The van der Waals surface area contributed by atoms with Crippen molar-refractivity contribution in [2.45, 2.75) is 64.2 Å². The molecule has 4 rings (SSSR count). The molecule has 2 heterocycles. The van der Waals surface area contributed by atoms with Gasteiger partial charge in [0.2, 0.25) is 5.91 Å². The van der Waals surface area contributed by atoms with Crippen LogP contribution in [0, 0.1) is 5.92 Å². The number of carbonyl (C=O) groups excluding carboxylic acids is 2. The lowest BCUT2D eigenvalue weighted by atomic mass is 9.78. The fraction of sp³-hybridized carbons (Fsp3) is 0.636. The van der Waals surface area contributed by atoms with Crippen molar-refractivity contribution in [3.05, 3.63) is 29.8 Å². The minimum Gasteiger partial charge on any atom is -0.399 e. The Balaban J connectivity index is 1.56. The van der Waals surface area contributed by atoms with E-state index in [4.69, 9.17) is 9.31 Å². The third-order valence-corrected chi connectivity index (χ3v) is 6.89. The van der Waals surface area contributed by atoms with Crippen molar-refractivity contribution in [3.8, 4) is 0 Å². The van der Waals surface area contributed by atoms with Crippen LogP contribution in [0.4, 0.5) is 0 Å². The number of piperazine rings is 1. The van der Waals surface area contributed by atoms with E-state index in [2.05, 4.69) is 0 Å². The summed E-state index contributed by atoms with van der Waals surface area (Å²) in [6.45, 7) is 9.20. The van der Waals surface area contributed by atoms with Crippen molar-refractivity contribution in [3.63, 3.8) is 0 Å². The molecular formula is C22H31BN2O4. The molecule has 6 nitrogen and oxygen atoms in total. The van der Waals surface area contributed by atoms with Crippen molar-refractivity contribution in [1.29, 1.82) is 0 Å². The largest absolute Gasteiger partial charge is 0.494 e. The Bertz CT molecular complexity index is 805. The van der Waals surface area contributed by atoms with Crippen LogP contribution in [-0.4, -0.2) is 66.1 Å². The molecule has 0 N–H and O–H groups in total. The molecule has 7 heteroatoms. The van der Waals surface area contributed by atoms with Gasteiger partial charge in [-0.05, 0) is 57.6 Å². The monoisotopic (exact) mass is 398 g/mol. The Morgan fingerprint density at radius 3 is 2.41 bits per heavy atom. The summed E-state index contributed by atoms with van der Waals surface area (Å²) in [6, 6.07) is 7.10. The summed E-state index contributed by atoms with van der Waals surface area (Å²) in [4.78, 5) is 29.6. The molecule has 1 atom stereocenters. The van der Waals surface area contributed by atoms with Crippen LogP contribution >= 0.6 is 0 Å². The first-order valence-electron chi connectivity index (χ1n) is 10.6. The lowest BCUT2D eigenvalue weighted by molar-refractivity contribution is -0.139. The van der Waals surface area contributed by atoms with Crippen molar-refractivity contribution in [2.24, 2.45) is 5.92 Å². The number of amides is 2. The van der Waals surface area contributed by atoms with E-state index in [0.29, 0.717) is 24.6 Å². The number of nitrogens with zero attached hydrogens (tertiary/aromatic N) is 2. The van der Waals surface area contributed by atoms with E-state index in [9.17, 15) is 9.59 Å². The van der Waals surface area contributed by atoms with Crippen molar-refractivity contribution < 1.29 is 18.9 Å². The first-order valence-corrected chi connectivity index (χ1v) is 10.6. The maximum Gasteiger partial charge on any atom is 0.494 e. The second-order valence-electron chi connectivity index (χ2n) is 9.67. The van der Waals surface area contributed by atoms with Crippen LogP contribution in [-0.2, 0) is 14.1 Å². The Kier molecular flexibility index (Phi) is 5.02. The van der Waals surface area contributed by atoms with Crippen LogP contribution in [0.2, 0.25) is 0 Å². The lowest BCUT2D eigenvalue weighted by Gasteiger charge is -2.39. The maximum absolute atomic E-state index is 13.4. The minimum absolute atomic E-state index is 0.0543. The van der Waals surface area contributed by atoms with Gasteiger partial charge in [0.1, 0.15) is 6.04 Å². The molecule has 3 aliphatic rings. The van der Waals surface area contributed by atoms with Crippen LogP contribution in [0.25, 0.3) is 0 Å². The first-order chi connectivity index (χ1) is 13.6. The minimum atomic E-state index is -0.510. The van der Waals surface area contributed by atoms with E-state index < -0.39 is 18.3 Å². The molecule has 1 aromatic rings. The lowest BCUT2D eigenvalue weighted by Crippen LogP contribution is -2.57. The van der Waals surface area contributed by atoms with E-state index in [1.54, 1.807) is 9.80 Å². The highest BCUT2D eigenvalue weighted by atomic mass is 16.7. The number of likely N-dealkylation sites (N-methyl/N-ethyl adjacent to an activating group) is 1. The zero-order valence-electron chi connectivity index (χ0n) is 18.1. The molecule has 0 bridgehead atoms. The summed E-state index contributed by atoms with van der Waals surface area (Å²) in [5.41, 5.74) is 0.539. The molecule has 1 unspecified atom stereocenters. The van der Waals surface area contributed by atoms with E-state index >= 15 is 0 Å². The number of hydrogen-bond donors (Lipinski definition) is 0. The quantitative estimate of drug-likeness (QED) is 0.729. The number of rotatable bonds is 4. The highest BCUT2D eigenvalue weighted by Gasteiger charge is 2.51. The summed E-state index contributed by atoms with van der Waals surface area (Å²) in [6.07, 6.45) is 3.09. The van der Waals surface area contributed by atoms with Crippen molar-refractivity contribution in [1.82, 2.24) is 9.80 Å². The van der Waals surface area contributed by atoms with Gasteiger partial charge in [-0.1, -0.05) is 25.0 Å². The zero-order valence-corrected chi connectivity index (χ0v) is 18.1. The van der Waals surface area contributed by atoms with Gasteiger partial charge in [-0.2, -0.15) is 0 Å². The standard InChI is InChI=1S/C22H31BN2O4/c1-21(2)22(3,4)29-23(28-21)17-8-6-7-16(14-17)19(26)25-12-11-24(5)20(27)18(25)13-15-9-10-15/h6-8,14-15,18H,9-13H2,1-5H3. The summed E-state index contributed by atoms with van der Waals surface area (Å²) >= 11 is 0. The van der Waals surface area contributed by atoms with E-state index in [1.165, 1.54) is 0 Å². The predicted octanol–water partition coefficient (Wildman–Crippen LogP) is 2.07. The van der Waals surface area contributed by atoms with E-state index in [0.717, 1.165) is 24.7 Å². The Hall–Kier alpha value is -1.86. The average molecular weight is 398 g/mol. The third kappa shape index (κ3) is 3.82. The topological polar surface area (TPSA) is 59.1 Å². The van der Waals surface area contributed by atoms with E-state index in [-0.39, 0.29) is 17.9 Å². The van der Waals surface area contributed by atoms with Crippen LogP contribution in [0.5, 0.6) is 0 Å². The molecule has 2 aliphatic heterocycles. The molecule has 2 amide bonds. The van der Waals surface area contributed by atoms with Crippen LogP contribution in [0.15, 0.2) is 24.3 Å². The molecule has 2 saturated heterocycles. The molecular weight excluding hydrogens is 367 g/mol. The van der Waals surface area contributed by atoms with Gasteiger partial charge in [-0.15, -0.1) is 0 Å². The maximum atomic E-state index is 13.4. The molecule has 1 aliphatic carbocycles.